The summed E-state index contributed by atoms with van der Waals surface area (Å²) in [7, 11) is 1.57. The zero-order valence-electron chi connectivity index (χ0n) is 11.7. The molecule has 110 valence electrons. The van der Waals surface area contributed by atoms with E-state index in [2.05, 4.69) is 11.1 Å². The van der Waals surface area contributed by atoms with Gasteiger partial charge in [0.15, 0.2) is 0 Å². The summed E-state index contributed by atoms with van der Waals surface area (Å²) in [5.41, 5.74) is 7.83. The first-order chi connectivity index (χ1) is 10.6. The summed E-state index contributed by atoms with van der Waals surface area (Å²) in [6.07, 6.45) is 3.21. The maximum absolute atomic E-state index is 9.44. The van der Waals surface area contributed by atoms with E-state index < -0.39 is 0 Å². The zero-order chi connectivity index (χ0) is 15.7. The molecule has 2 N–H and O–H groups in total. The Bertz CT molecular complexity index is 811. The van der Waals surface area contributed by atoms with Gasteiger partial charge in [-0.1, -0.05) is 17.7 Å². The molecule has 3 rings (SSSR count). The second kappa shape index (κ2) is 5.58. The van der Waals surface area contributed by atoms with E-state index >= 15 is 0 Å². The number of nitrogens with two attached hydrogens (primary N) is 1. The van der Waals surface area contributed by atoms with E-state index in [1.165, 1.54) is 0 Å². The van der Waals surface area contributed by atoms with Gasteiger partial charge >= 0.3 is 0 Å². The molecule has 0 aliphatic carbocycles. The molecule has 1 aliphatic heterocycles. The number of hydrogen-bond acceptors (Lipinski definition) is 5. The average molecular weight is 314 g/mol. The van der Waals surface area contributed by atoms with Gasteiger partial charge in [0, 0.05) is 24.0 Å². The summed E-state index contributed by atoms with van der Waals surface area (Å²) in [5.74, 6) is 0.912. The number of benzene rings is 1. The highest BCUT2D eigenvalue weighted by molar-refractivity contribution is 6.30. The molecule has 0 amide bonds. The molecule has 0 radical (unpaired) electrons. The van der Waals surface area contributed by atoms with Crippen molar-refractivity contribution >= 4 is 11.6 Å². The lowest BCUT2D eigenvalue weighted by molar-refractivity contribution is 0.381. The molecule has 2 heterocycles. The third-order valence-electron chi connectivity index (χ3n) is 3.49. The number of methoxy groups -OCH3 is 1. The molecular weight excluding hydrogens is 302 g/mol. The molecule has 0 fully saturated rings. The van der Waals surface area contributed by atoms with Gasteiger partial charge in [-0.25, -0.2) is 0 Å². The van der Waals surface area contributed by atoms with Crippen LogP contribution in [0.1, 0.15) is 17.0 Å². The number of hydrogen-bond donors (Lipinski definition) is 1. The van der Waals surface area contributed by atoms with Crippen LogP contribution in [-0.4, -0.2) is 12.1 Å². The van der Waals surface area contributed by atoms with Crippen LogP contribution in [0.25, 0.3) is 0 Å². The van der Waals surface area contributed by atoms with E-state index in [0.717, 1.165) is 11.1 Å². The van der Waals surface area contributed by atoms with Gasteiger partial charge in [-0.3, -0.25) is 4.98 Å². The number of nitrogens with zero attached hydrogens (tertiary/aromatic N) is 2. The fourth-order valence-electron chi connectivity index (χ4n) is 2.49. The summed E-state index contributed by atoms with van der Waals surface area (Å²) in [4.78, 5) is 4.09. The van der Waals surface area contributed by atoms with Crippen molar-refractivity contribution in [3.63, 3.8) is 0 Å². The SMILES string of the molecule is COc1ccc2c(c1)OC(N)=C(C#N)C2c1cncc(Cl)c1. The van der Waals surface area contributed by atoms with Crippen molar-refractivity contribution in [3.8, 4) is 17.6 Å². The molecule has 1 aromatic heterocycles. The summed E-state index contributed by atoms with van der Waals surface area (Å²) in [6, 6.07) is 9.28. The van der Waals surface area contributed by atoms with Crippen LogP contribution in [0, 0.1) is 11.3 Å². The number of allylic oxidation sites excluding steroid dienone is 1. The van der Waals surface area contributed by atoms with Gasteiger partial charge in [-0.15, -0.1) is 0 Å². The second-order valence-corrected chi connectivity index (χ2v) is 5.20. The first kappa shape index (κ1) is 14.2. The van der Waals surface area contributed by atoms with E-state index in [0.29, 0.717) is 22.1 Å². The minimum absolute atomic E-state index is 0.0771. The first-order valence-corrected chi connectivity index (χ1v) is 6.88. The summed E-state index contributed by atoms with van der Waals surface area (Å²) in [6.45, 7) is 0. The summed E-state index contributed by atoms with van der Waals surface area (Å²) >= 11 is 6.02. The highest BCUT2D eigenvalue weighted by Crippen LogP contribution is 2.43. The van der Waals surface area contributed by atoms with Gasteiger partial charge in [0.25, 0.3) is 0 Å². The maximum atomic E-state index is 9.44. The van der Waals surface area contributed by atoms with Gasteiger partial charge in [0.05, 0.1) is 18.1 Å². The van der Waals surface area contributed by atoms with Crippen molar-refractivity contribution in [1.29, 1.82) is 5.26 Å². The van der Waals surface area contributed by atoms with E-state index in [1.807, 2.05) is 12.1 Å². The second-order valence-electron chi connectivity index (χ2n) is 4.77. The Hall–Kier alpha value is -2.71. The number of pyridine rings is 1. The lowest BCUT2D eigenvalue weighted by Crippen LogP contribution is -2.21. The van der Waals surface area contributed by atoms with Gasteiger partial charge in [-0.05, 0) is 17.7 Å². The minimum Gasteiger partial charge on any atom is -0.497 e. The van der Waals surface area contributed by atoms with Crippen LogP contribution in [0.5, 0.6) is 11.5 Å². The molecule has 1 unspecified atom stereocenters. The van der Waals surface area contributed by atoms with Crippen molar-refractivity contribution in [2.45, 2.75) is 5.92 Å². The van der Waals surface area contributed by atoms with Gasteiger partial charge in [0.2, 0.25) is 5.88 Å². The van der Waals surface area contributed by atoms with Crippen molar-refractivity contribution in [1.82, 2.24) is 4.98 Å². The van der Waals surface area contributed by atoms with Crippen molar-refractivity contribution in [2.75, 3.05) is 7.11 Å². The number of nitriles is 1. The summed E-state index contributed by atoms with van der Waals surface area (Å²) in [5, 5.41) is 9.94. The topological polar surface area (TPSA) is 81.2 Å². The van der Waals surface area contributed by atoms with Crippen LogP contribution in [0.3, 0.4) is 0 Å². The van der Waals surface area contributed by atoms with Crippen molar-refractivity contribution < 1.29 is 9.47 Å². The molecular formula is C16H12ClN3O2. The average Bonchev–Trinajstić information content (AvgIpc) is 2.52. The van der Waals surface area contributed by atoms with E-state index in [9.17, 15) is 5.26 Å². The van der Waals surface area contributed by atoms with Gasteiger partial charge in [-0.2, -0.15) is 5.26 Å². The Morgan fingerprint density at radius 2 is 2.18 bits per heavy atom. The van der Waals surface area contributed by atoms with E-state index in [1.54, 1.807) is 31.6 Å². The normalized spacial score (nSPS) is 16.5. The fraction of sp³-hybridized carbons (Fsp3) is 0.125. The number of halogens is 1. The Morgan fingerprint density at radius 1 is 1.36 bits per heavy atom. The van der Waals surface area contributed by atoms with Crippen LogP contribution in [-0.2, 0) is 0 Å². The largest absolute Gasteiger partial charge is 0.497 e. The molecule has 0 bridgehead atoms. The minimum atomic E-state index is -0.370. The number of fused-ring (bicyclic) bond motifs is 1. The lowest BCUT2D eigenvalue weighted by Gasteiger charge is -2.26. The molecule has 0 spiro atoms. The standard InChI is InChI=1S/C16H12ClN3O2/c1-21-11-2-3-12-14(5-11)22-16(19)13(6-18)15(12)9-4-10(17)8-20-7-9/h2-5,7-8,15H,19H2,1H3. The van der Waals surface area contributed by atoms with Crippen molar-refractivity contribution in [2.24, 2.45) is 5.73 Å². The van der Waals surface area contributed by atoms with Crippen LogP contribution in [0.2, 0.25) is 5.02 Å². The monoisotopic (exact) mass is 313 g/mol. The third kappa shape index (κ3) is 2.34. The van der Waals surface area contributed by atoms with Crippen molar-refractivity contribution in [3.05, 3.63) is 64.3 Å². The molecule has 22 heavy (non-hydrogen) atoms. The summed E-state index contributed by atoms with van der Waals surface area (Å²) < 4.78 is 10.8. The van der Waals surface area contributed by atoms with Gasteiger partial charge in [0.1, 0.15) is 23.1 Å². The predicted molar refractivity (Wildman–Crippen MR) is 81.5 cm³/mol. The Kier molecular flexibility index (Phi) is 3.61. The quantitative estimate of drug-likeness (QED) is 0.921. The molecule has 1 atom stereocenters. The smallest absolute Gasteiger partial charge is 0.205 e. The van der Waals surface area contributed by atoms with E-state index in [4.69, 9.17) is 26.8 Å². The fourth-order valence-corrected chi connectivity index (χ4v) is 2.67. The maximum Gasteiger partial charge on any atom is 0.205 e. The van der Waals surface area contributed by atoms with Crippen LogP contribution < -0.4 is 15.2 Å². The molecule has 1 aromatic carbocycles. The van der Waals surface area contributed by atoms with Crippen LogP contribution in [0.4, 0.5) is 0 Å². The Labute approximate surface area is 132 Å². The van der Waals surface area contributed by atoms with Crippen LogP contribution >= 0.6 is 11.6 Å². The first-order valence-electron chi connectivity index (χ1n) is 6.50. The van der Waals surface area contributed by atoms with Crippen LogP contribution in [0.15, 0.2) is 48.1 Å². The zero-order valence-corrected chi connectivity index (χ0v) is 12.5. The number of ether oxygens (including phenoxy) is 2. The van der Waals surface area contributed by atoms with E-state index in [-0.39, 0.29) is 11.8 Å². The number of rotatable bonds is 2. The predicted octanol–water partition coefficient (Wildman–Crippen LogP) is 2.96. The molecule has 0 saturated heterocycles. The highest BCUT2D eigenvalue weighted by Gasteiger charge is 2.31. The highest BCUT2D eigenvalue weighted by atomic mass is 35.5. The molecule has 1 aliphatic rings. The Balaban J connectivity index is 2.21. The third-order valence-corrected chi connectivity index (χ3v) is 3.69. The molecule has 5 nitrogen and oxygen atoms in total. The molecule has 6 heteroatoms. The number of aromatic nitrogens is 1. The van der Waals surface area contributed by atoms with Gasteiger partial charge < -0.3 is 15.2 Å². The molecule has 0 saturated carbocycles. The molecule has 2 aromatic rings. The Morgan fingerprint density at radius 3 is 2.86 bits per heavy atom. The lowest BCUT2D eigenvalue weighted by atomic mass is 9.84.